The Kier molecular flexibility index (Phi) is 6.77. The van der Waals surface area contributed by atoms with Crippen LogP contribution in [0.25, 0.3) is 49.8 Å². The normalized spacial score (nSPS) is 12.1. The van der Waals surface area contributed by atoms with Gasteiger partial charge in [-0.15, -0.1) is 17.7 Å². The molecule has 0 N–H and O–H groups in total. The molecule has 204 valence electrons. The Bertz CT molecular complexity index is 2070. The molecule has 6 nitrogen and oxygen atoms in total. The average Bonchev–Trinajstić information content (AvgIpc) is 3.29. The van der Waals surface area contributed by atoms with Gasteiger partial charge in [-0.05, 0) is 60.4 Å². The van der Waals surface area contributed by atoms with Crippen molar-refractivity contribution in [3.8, 4) is 28.1 Å². The van der Waals surface area contributed by atoms with Crippen LogP contribution in [0, 0.1) is 6.07 Å². The van der Waals surface area contributed by atoms with E-state index >= 15 is 0 Å². The first-order valence-corrected chi connectivity index (χ1v) is 13.6. The smallest absolute Gasteiger partial charge is 0.455 e. The van der Waals surface area contributed by atoms with Crippen molar-refractivity contribution in [2.75, 3.05) is 0 Å². The Morgan fingerprint density at radius 3 is 2.48 bits per heavy atom. The SMILES string of the molecule is [Pt+2].[c-]1c(O[n+]2cccc3c2[N-]c2c(cccc2-c2ccccn2)CC3)cccc1-c1cccc2oc3cccnc3c12. The maximum atomic E-state index is 6.45. The van der Waals surface area contributed by atoms with Crippen molar-refractivity contribution in [2.45, 2.75) is 12.8 Å². The molecular formula is C35H23N4O2Pt+. The second-order valence-electron chi connectivity index (χ2n) is 9.97. The van der Waals surface area contributed by atoms with E-state index in [-0.39, 0.29) is 21.1 Å². The predicted octanol–water partition coefficient (Wildman–Crippen LogP) is 8.07. The molecule has 0 bridgehead atoms. The standard InChI is InChI=1S/C35H23N4O2.Pt/c1-2-19-36-29(14-1)28-13-4-8-23-17-18-24-10-7-21-39(35(24)38-33(23)28)41-26-11-3-9-25(22-26)27-12-5-15-30-32(27)34-31(40-30)16-6-20-37-34;/h1-16,19-21H,17-18H2;/q-1;+2. The molecule has 42 heavy (non-hydrogen) atoms. The van der Waals surface area contributed by atoms with Gasteiger partial charge < -0.3 is 9.25 Å². The summed E-state index contributed by atoms with van der Waals surface area (Å²) >= 11 is 0. The van der Waals surface area contributed by atoms with E-state index in [1.54, 1.807) is 10.9 Å². The average molecular weight is 727 g/mol. The summed E-state index contributed by atoms with van der Waals surface area (Å²) in [6, 6.07) is 35.6. The van der Waals surface area contributed by atoms with Crippen LogP contribution < -0.4 is 9.57 Å². The van der Waals surface area contributed by atoms with Crippen molar-refractivity contribution in [3.05, 3.63) is 138 Å². The minimum atomic E-state index is 0. The van der Waals surface area contributed by atoms with Gasteiger partial charge in [0.05, 0.1) is 17.1 Å². The number of rotatable bonds is 4. The van der Waals surface area contributed by atoms with Crippen LogP contribution in [0.5, 0.6) is 5.75 Å². The Morgan fingerprint density at radius 1 is 0.738 bits per heavy atom. The number of fused-ring (bicyclic) bond motifs is 5. The number of aromatic nitrogens is 3. The van der Waals surface area contributed by atoms with E-state index < -0.39 is 0 Å². The molecule has 8 rings (SSSR count). The van der Waals surface area contributed by atoms with E-state index in [1.165, 1.54) is 5.56 Å². The van der Waals surface area contributed by atoms with Crippen LogP contribution in [0.3, 0.4) is 0 Å². The molecule has 0 saturated heterocycles. The summed E-state index contributed by atoms with van der Waals surface area (Å²) in [7, 11) is 0. The number of furan rings is 1. The summed E-state index contributed by atoms with van der Waals surface area (Å²) in [5.74, 6) is 1.34. The van der Waals surface area contributed by atoms with Gasteiger partial charge in [-0.1, -0.05) is 60.2 Å². The van der Waals surface area contributed by atoms with Gasteiger partial charge in [0.15, 0.2) is 11.4 Å². The van der Waals surface area contributed by atoms with Gasteiger partial charge in [-0.3, -0.25) is 9.97 Å². The Balaban J connectivity index is 0.00000288. The molecule has 1 aliphatic rings. The van der Waals surface area contributed by atoms with Crippen LogP contribution in [0.15, 0.2) is 120 Å². The number of aryl methyl sites for hydroxylation is 2. The van der Waals surface area contributed by atoms with Crippen molar-refractivity contribution in [1.29, 1.82) is 0 Å². The van der Waals surface area contributed by atoms with Crippen molar-refractivity contribution < 1.29 is 35.1 Å². The fraction of sp³-hybridized carbons (Fsp3) is 0.0571. The largest absolute Gasteiger partial charge is 2.00 e. The van der Waals surface area contributed by atoms with Crippen molar-refractivity contribution >= 4 is 33.6 Å². The third kappa shape index (κ3) is 4.54. The van der Waals surface area contributed by atoms with Crippen LogP contribution in [-0.2, 0) is 33.9 Å². The van der Waals surface area contributed by atoms with E-state index in [0.29, 0.717) is 5.75 Å². The van der Waals surface area contributed by atoms with E-state index in [1.807, 2.05) is 79.1 Å². The molecule has 0 atom stereocenters. The van der Waals surface area contributed by atoms with Gasteiger partial charge >= 0.3 is 21.1 Å². The summed E-state index contributed by atoms with van der Waals surface area (Å²) in [5.41, 5.74) is 9.41. The summed E-state index contributed by atoms with van der Waals surface area (Å²) in [6.07, 6.45) is 7.23. The Hall–Kier alpha value is -4.80. The van der Waals surface area contributed by atoms with E-state index in [4.69, 9.17) is 14.6 Å². The van der Waals surface area contributed by atoms with E-state index in [2.05, 4.69) is 46.4 Å². The zero-order chi connectivity index (χ0) is 27.2. The van der Waals surface area contributed by atoms with Crippen molar-refractivity contribution in [2.24, 2.45) is 0 Å². The number of hydrogen-bond acceptors (Lipinski definition) is 4. The number of hydrogen-bond donors (Lipinski definition) is 0. The first kappa shape index (κ1) is 26.1. The summed E-state index contributed by atoms with van der Waals surface area (Å²) in [4.78, 5) is 15.6. The maximum absolute atomic E-state index is 6.45. The van der Waals surface area contributed by atoms with Gasteiger partial charge in [0.25, 0.3) is 0 Å². The molecule has 0 saturated carbocycles. The Labute approximate surface area is 256 Å². The van der Waals surface area contributed by atoms with Crippen LogP contribution in [0.2, 0.25) is 0 Å². The molecule has 0 fully saturated rings. The first-order chi connectivity index (χ1) is 20.3. The predicted molar refractivity (Wildman–Crippen MR) is 158 cm³/mol. The topological polar surface area (TPSA) is 66.1 Å². The molecular weight excluding hydrogens is 703 g/mol. The van der Waals surface area contributed by atoms with Gasteiger partial charge in [0.2, 0.25) is 0 Å². The molecule has 7 heteroatoms. The Morgan fingerprint density at radius 2 is 1.55 bits per heavy atom. The van der Waals surface area contributed by atoms with E-state index in [9.17, 15) is 0 Å². The van der Waals surface area contributed by atoms with Crippen LogP contribution >= 0.6 is 0 Å². The maximum Gasteiger partial charge on any atom is 2.00 e. The molecule has 7 aromatic rings. The molecule has 4 aromatic heterocycles. The second-order valence-corrected chi connectivity index (χ2v) is 9.97. The number of para-hydroxylation sites is 1. The summed E-state index contributed by atoms with van der Waals surface area (Å²) < 4.78 is 7.80. The molecule has 5 heterocycles. The van der Waals surface area contributed by atoms with Crippen LogP contribution in [-0.4, -0.2) is 9.97 Å². The summed E-state index contributed by atoms with van der Waals surface area (Å²) in [6.45, 7) is 0. The number of benzene rings is 3. The van der Waals surface area contributed by atoms with Gasteiger partial charge in [-0.2, -0.15) is 4.73 Å². The first-order valence-electron chi connectivity index (χ1n) is 13.6. The summed E-state index contributed by atoms with van der Waals surface area (Å²) in [5, 5.41) is 6.15. The quantitative estimate of drug-likeness (QED) is 0.136. The third-order valence-electron chi connectivity index (χ3n) is 7.47. The van der Waals surface area contributed by atoms with Crippen LogP contribution in [0.1, 0.15) is 11.1 Å². The molecule has 1 aliphatic heterocycles. The van der Waals surface area contributed by atoms with Crippen molar-refractivity contribution in [3.63, 3.8) is 0 Å². The minimum absolute atomic E-state index is 0. The molecule has 3 aromatic carbocycles. The fourth-order valence-corrected chi connectivity index (χ4v) is 5.57. The van der Waals surface area contributed by atoms with E-state index in [0.717, 1.165) is 74.4 Å². The van der Waals surface area contributed by atoms with Gasteiger partial charge in [0, 0.05) is 29.5 Å². The van der Waals surface area contributed by atoms with Crippen molar-refractivity contribution in [1.82, 2.24) is 9.97 Å². The molecule has 0 radical (unpaired) electrons. The molecule has 0 spiro atoms. The third-order valence-corrected chi connectivity index (χ3v) is 7.47. The molecule has 0 amide bonds. The second kappa shape index (κ2) is 10.9. The zero-order valence-corrected chi connectivity index (χ0v) is 24.6. The number of pyridine rings is 3. The number of nitrogens with zero attached hydrogens (tertiary/aromatic N) is 4. The molecule has 0 aliphatic carbocycles. The van der Waals surface area contributed by atoms with Gasteiger partial charge in [-0.25, -0.2) is 5.32 Å². The fourth-order valence-electron chi connectivity index (χ4n) is 5.57. The zero-order valence-electron chi connectivity index (χ0n) is 22.3. The monoisotopic (exact) mass is 726 g/mol. The minimum Gasteiger partial charge on any atom is -0.455 e. The van der Waals surface area contributed by atoms with Gasteiger partial charge in [0.1, 0.15) is 11.1 Å². The molecule has 0 unspecified atom stereocenters. The van der Waals surface area contributed by atoms with Crippen LogP contribution in [0.4, 0.5) is 11.5 Å².